The van der Waals surface area contributed by atoms with E-state index in [9.17, 15) is 9.90 Å². The minimum Gasteiger partial charge on any atom is -0.493 e. The highest BCUT2D eigenvalue weighted by molar-refractivity contribution is 6.34. The first-order valence-electron chi connectivity index (χ1n) is 8.25. The summed E-state index contributed by atoms with van der Waals surface area (Å²) in [7, 11) is 1.67. The van der Waals surface area contributed by atoms with E-state index in [1.165, 1.54) is 6.20 Å². The number of hydrogen-bond acceptors (Lipinski definition) is 3. The van der Waals surface area contributed by atoms with E-state index in [0.29, 0.717) is 35.1 Å². The van der Waals surface area contributed by atoms with Crippen molar-refractivity contribution in [2.75, 3.05) is 20.3 Å². The van der Waals surface area contributed by atoms with Crippen LogP contribution in [-0.2, 0) is 4.74 Å². The quantitative estimate of drug-likeness (QED) is 0.621. The van der Waals surface area contributed by atoms with E-state index >= 15 is 0 Å². The lowest BCUT2D eigenvalue weighted by molar-refractivity contribution is 0.0699. The molecular weight excluding hydrogens is 354 g/mol. The van der Waals surface area contributed by atoms with Gasteiger partial charge in [0.05, 0.1) is 23.8 Å². The molecule has 0 aliphatic heterocycles. The maximum absolute atomic E-state index is 11.3. The second kappa shape index (κ2) is 7.81. The summed E-state index contributed by atoms with van der Waals surface area (Å²) in [4.78, 5) is 14.3. The molecule has 3 rings (SSSR count). The van der Waals surface area contributed by atoms with Gasteiger partial charge in [0.25, 0.3) is 0 Å². The first-order chi connectivity index (χ1) is 12.5. The molecule has 1 atom stereocenters. The van der Waals surface area contributed by atoms with Crippen molar-refractivity contribution in [3.63, 3.8) is 0 Å². The molecule has 2 N–H and O–H groups in total. The lowest BCUT2D eigenvalue weighted by Crippen LogP contribution is -2.13. The highest BCUT2D eigenvalue weighted by Crippen LogP contribution is 2.34. The molecule has 26 heavy (non-hydrogen) atoms. The molecule has 1 aromatic heterocycles. The Kier molecular flexibility index (Phi) is 5.49. The number of carboxylic acid groups (broad SMARTS) is 1. The van der Waals surface area contributed by atoms with Crippen LogP contribution in [0.15, 0.2) is 42.6 Å². The van der Waals surface area contributed by atoms with Gasteiger partial charge in [0, 0.05) is 35.7 Å². The number of benzene rings is 2. The summed E-state index contributed by atoms with van der Waals surface area (Å²) in [6, 6.07) is 11.1. The molecule has 1 heterocycles. The summed E-state index contributed by atoms with van der Waals surface area (Å²) >= 11 is 6.39. The molecule has 0 amide bonds. The molecule has 0 aliphatic carbocycles. The van der Waals surface area contributed by atoms with E-state index in [4.69, 9.17) is 21.1 Å². The minimum atomic E-state index is -0.974. The molecule has 0 saturated heterocycles. The number of hydrogen-bond donors (Lipinski definition) is 2. The molecule has 1 unspecified atom stereocenters. The normalized spacial score (nSPS) is 12.3. The van der Waals surface area contributed by atoms with Gasteiger partial charge in [-0.3, -0.25) is 0 Å². The summed E-state index contributed by atoms with van der Waals surface area (Å²) in [6.45, 7) is 3.28. The molecule has 6 heteroatoms. The van der Waals surface area contributed by atoms with Crippen LogP contribution in [0.1, 0.15) is 17.3 Å². The highest BCUT2D eigenvalue weighted by atomic mass is 35.5. The zero-order valence-corrected chi connectivity index (χ0v) is 15.3. The Bertz CT molecular complexity index is 917. The smallest absolute Gasteiger partial charge is 0.337 e. The van der Waals surface area contributed by atoms with Crippen molar-refractivity contribution in [2.45, 2.75) is 6.92 Å². The Morgan fingerprint density at radius 2 is 1.96 bits per heavy atom. The number of nitrogens with one attached hydrogen (secondary N) is 1. The Balaban J connectivity index is 1.85. The number of aromatic nitrogens is 1. The average molecular weight is 374 g/mol. The van der Waals surface area contributed by atoms with Crippen LogP contribution in [0.3, 0.4) is 0 Å². The van der Waals surface area contributed by atoms with Gasteiger partial charge in [-0.15, -0.1) is 0 Å². The number of carboxylic acids is 1. The Morgan fingerprint density at radius 3 is 2.62 bits per heavy atom. The summed E-state index contributed by atoms with van der Waals surface area (Å²) in [6.07, 6.45) is 1.48. The third-order valence-electron chi connectivity index (χ3n) is 4.15. The van der Waals surface area contributed by atoms with Gasteiger partial charge in [-0.25, -0.2) is 4.79 Å². The van der Waals surface area contributed by atoms with Crippen molar-refractivity contribution >= 4 is 28.5 Å². The van der Waals surface area contributed by atoms with Crippen LogP contribution in [0.4, 0.5) is 0 Å². The van der Waals surface area contributed by atoms with Crippen LogP contribution in [0, 0.1) is 5.92 Å². The summed E-state index contributed by atoms with van der Waals surface area (Å²) in [5.74, 6) is 0.0970. The SMILES string of the molecule is COCC(C)COc1ccc(-c2cc3c(C(=O)O)c[nH]c3cc2Cl)cc1. The lowest BCUT2D eigenvalue weighted by Gasteiger charge is -2.13. The van der Waals surface area contributed by atoms with Crippen molar-refractivity contribution in [1.82, 2.24) is 4.98 Å². The van der Waals surface area contributed by atoms with Crippen molar-refractivity contribution < 1.29 is 19.4 Å². The number of aromatic carboxylic acids is 1. The van der Waals surface area contributed by atoms with E-state index in [-0.39, 0.29) is 5.56 Å². The van der Waals surface area contributed by atoms with Gasteiger partial charge in [-0.05, 0) is 29.8 Å². The third kappa shape index (κ3) is 3.84. The molecule has 2 aromatic carbocycles. The summed E-state index contributed by atoms with van der Waals surface area (Å²) in [5, 5.41) is 10.5. The van der Waals surface area contributed by atoms with E-state index in [0.717, 1.165) is 16.9 Å². The van der Waals surface area contributed by atoms with Crippen LogP contribution in [0.2, 0.25) is 5.02 Å². The van der Waals surface area contributed by atoms with Crippen molar-refractivity contribution in [2.24, 2.45) is 5.92 Å². The monoisotopic (exact) mass is 373 g/mol. The molecule has 0 spiro atoms. The second-order valence-corrected chi connectivity index (χ2v) is 6.69. The van der Waals surface area contributed by atoms with Crippen LogP contribution < -0.4 is 4.74 Å². The number of halogens is 1. The van der Waals surface area contributed by atoms with Gasteiger partial charge >= 0.3 is 5.97 Å². The van der Waals surface area contributed by atoms with E-state index in [1.54, 1.807) is 19.2 Å². The number of H-pyrrole nitrogens is 1. The maximum Gasteiger partial charge on any atom is 0.337 e. The fraction of sp³-hybridized carbons (Fsp3) is 0.250. The zero-order valence-electron chi connectivity index (χ0n) is 14.6. The van der Waals surface area contributed by atoms with Crippen molar-refractivity contribution in [3.8, 4) is 16.9 Å². The largest absolute Gasteiger partial charge is 0.493 e. The van der Waals surface area contributed by atoms with Gasteiger partial charge in [-0.2, -0.15) is 0 Å². The molecule has 0 aliphatic rings. The summed E-state index contributed by atoms with van der Waals surface area (Å²) in [5.41, 5.74) is 2.60. The van der Waals surface area contributed by atoms with Crippen LogP contribution in [-0.4, -0.2) is 36.4 Å². The predicted octanol–water partition coefficient (Wildman–Crippen LogP) is 4.85. The topological polar surface area (TPSA) is 71.6 Å². The van der Waals surface area contributed by atoms with Gasteiger partial charge < -0.3 is 19.6 Å². The number of aromatic amines is 1. The van der Waals surface area contributed by atoms with E-state index in [2.05, 4.69) is 11.9 Å². The molecule has 0 radical (unpaired) electrons. The van der Waals surface area contributed by atoms with Crippen molar-refractivity contribution in [1.29, 1.82) is 0 Å². The fourth-order valence-corrected chi connectivity index (χ4v) is 3.12. The summed E-state index contributed by atoms with van der Waals surface area (Å²) < 4.78 is 10.9. The molecule has 0 saturated carbocycles. The average Bonchev–Trinajstić information content (AvgIpc) is 3.03. The number of rotatable bonds is 7. The number of fused-ring (bicyclic) bond motifs is 1. The van der Waals surface area contributed by atoms with E-state index in [1.807, 2.05) is 24.3 Å². The second-order valence-electron chi connectivity index (χ2n) is 6.28. The van der Waals surface area contributed by atoms with Crippen molar-refractivity contribution in [3.05, 3.63) is 53.2 Å². The van der Waals surface area contributed by atoms with Gasteiger partial charge in [0.2, 0.25) is 0 Å². The standard InChI is InChI=1S/C20H20ClNO4/c1-12(10-25-2)11-26-14-5-3-13(4-6-14)15-7-16-17(20(23)24)9-22-19(16)8-18(15)21/h3-9,12,22H,10-11H2,1-2H3,(H,23,24). The predicted molar refractivity (Wildman–Crippen MR) is 102 cm³/mol. The molecule has 5 nitrogen and oxygen atoms in total. The highest BCUT2D eigenvalue weighted by Gasteiger charge is 2.14. The van der Waals surface area contributed by atoms with Crippen LogP contribution in [0.25, 0.3) is 22.0 Å². The van der Waals surface area contributed by atoms with Crippen LogP contribution >= 0.6 is 11.6 Å². The number of ether oxygens (including phenoxy) is 2. The maximum atomic E-state index is 11.3. The molecular formula is C20H20ClNO4. The Labute approximate surface area is 156 Å². The minimum absolute atomic E-state index is 0.227. The van der Waals surface area contributed by atoms with Gasteiger partial charge in [0.15, 0.2) is 0 Å². The lowest BCUT2D eigenvalue weighted by atomic mass is 10.0. The third-order valence-corrected chi connectivity index (χ3v) is 4.46. The first kappa shape index (κ1) is 18.3. The first-order valence-corrected chi connectivity index (χ1v) is 8.63. The molecule has 0 bridgehead atoms. The Hall–Kier alpha value is -2.50. The van der Waals surface area contributed by atoms with Crippen LogP contribution in [0.5, 0.6) is 5.75 Å². The molecule has 3 aromatic rings. The zero-order chi connectivity index (χ0) is 18.7. The van der Waals surface area contributed by atoms with Gasteiger partial charge in [0.1, 0.15) is 5.75 Å². The fourth-order valence-electron chi connectivity index (χ4n) is 2.84. The molecule has 0 fully saturated rings. The molecule has 136 valence electrons. The number of carbonyl (C=O) groups is 1. The number of methoxy groups -OCH3 is 1. The van der Waals surface area contributed by atoms with E-state index < -0.39 is 5.97 Å². The Morgan fingerprint density at radius 1 is 1.23 bits per heavy atom. The van der Waals surface area contributed by atoms with Gasteiger partial charge in [-0.1, -0.05) is 30.7 Å².